The highest BCUT2D eigenvalue weighted by atomic mass is 16.5. The largest absolute Gasteiger partial charge is 0.381 e. The van der Waals surface area contributed by atoms with Gasteiger partial charge in [-0.3, -0.25) is 0 Å². The minimum atomic E-state index is 0.638. The topological polar surface area (TPSA) is 27.7 Å². The molecule has 0 bridgehead atoms. The summed E-state index contributed by atoms with van der Waals surface area (Å²) in [5.74, 6) is 0.657. The first kappa shape index (κ1) is 13.3. The lowest BCUT2D eigenvalue weighted by atomic mass is 9.95. The zero-order valence-corrected chi connectivity index (χ0v) is 11.5. The van der Waals surface area contributed by atoms with E-state index in [2.05, 4.69) is 36.1 Å². The first-order chi connectivity index (χ1) is 8.20. The van der Waals surface area contributed by atoms with Crippen LogP contribution in [0.4, 0.5) is 0 Å². The monoisotopic (exact) mass is 241 g/mol. The molecule has 2 aliphatic heterocycles. The second-order valence-electron chi connectivity index (χ2n) is 5.61. The fourth-order valence-corrected chi connectivity index (χ4v) is 2.98. The molecule has 0 amide bonds. The molecule has 4 heteroatoms. The third kappa shape index (κ3) is 3.41. The number of hydrogen-bond acceptors (Lipinski definition) is 4. The van der Waals surface area contributed by atoms with Gasteiger partial charge in [0.2, 0.25) is 0 Å². The first-order valence-corrected chi connectivity index (χ1v) is 6.88. The molecule has 2 aliphatic rings. The van der Waals surface area contributed by atoms with E-state index in [1.807, 2.05) is 0 Å². The minimum Gasteiger partial charge on any atom is -0.381 e. The Morgan fingerprint density at radius 1 is 1.35 bits per heavy atom. The van der Waals surface area contributed by atoms with Crippen LogP contribution in [0.5, 0.6) is 0 Å². The van der Waals surface area contributed by atoms with Crippen molar-refractivity contribution in [2.45, 2.75) is 25.4 Å². The summed E-state index contributed by atoms with van der Waals surface area (Å²) in [5, 5.41) is 3.45. The van der Waals surface area contributed by atoms with Gasteiger partial charge in [-0.2, -0.15) is 0 Å². The van der Waals surface area contributed by atoms with Gasteiger partial charge in [-0.15, -0.1) is 0 Å². The number of hydrogen-bond donors (Lipinski definition) is 1. The number of rotatable bonds is 3. The molecule has 3 unspecified atom stereocenters. The summed E-state index contributed by atoms with van der Waals surface area (Å²) in [4.78, 5) is 5.05. The van der Waals surface area contributed by atoms with E-state index in [4.69, 9.17) is 4.74 Å². The van der Waals surface area contributed by atoms with Crippen molar-refractivity contribution < 1.29 is 4.74 Å². The maximum atomic E-state index is 5.63. The Labute approximate surface area is 105 Å². The predicted molar refractivity (Wildman–Crippen MR) is 70.3 cm³/mol. The Morgan fingerprint density at radius 2 is 2.18 bits per heavy atom. The van der Waals surface area contributed by atoms with Gasteiger partial charge in [0.15, 0.2) is 0 Å². The van der Waals surface area contributed by atoms with Crippen molar-refractivity contribution in [3.05, 3.63) is 0 Å². The maximum Gasteiger partial charge on any atom is 0.0521 e. The molecule has 2 heterocycles. The van der Waals surface area contributed by atoms with Crippen molar-refractivity contribution in [1.29, 1.82) is 0 Å². The lowest BCUT2D eigenvalue weighted by Gasteiger charge is -2.41. The van der Waals surface area contributed by atoms with Crippen LogP contribution in [0, 0.1) is 5.92 Å². The molecule has 0 aliphatic carbocycles. The standard InChI is InChI=1S/C13H27N3O/c1-11-8-16(6-5-15(11)3)9-12-10-17-7-4-13(12)14-2/h11-14H,4-10H2,1-3H3. The van der Waals surface area contributed by atoms with Crippen molar-refractivity contribution in [2.75, 3.05) is 53.5 Å². The lowest BCUT2D eigenvalue weighted by molar-refractivity contribution is 0.00608. The molecule has 4 nitrogen and oxygen atoms in total. The third-order valence-electron chi connectivity index (χ3n) is 4.38. The molecule has 0 saturated carbocycles. The Bertz CT molecular complexity index is 237. The van der Waals surface area contributed by atoms with Crippen molar-refractivity contribution in [3.63, 3.8) is 0 Å². The van der Waals surface area contributed by atoms with Gasteiger partial charge in [-0.1, -0.05) is 0 Å². The highest BCUT2D eigenvalue weighted by Gasteiger charge is 2.28. The Kier molecular flexibility index (Phi) is 4.79. The number of likely N-dealkylation sites (N-methyl/N-ethyl adjacent to an activating group) is 1. The van der Waals surface area contributed by atoms with Crippen molar-refractivity contribution in [1.82, 2.24) is 15.1 Å². The molecular weight excluding hydrogens is 214 g/mol. The van der Waals surface area contributed by atoms with Gasteiger partial charge in [-0.25, -0.2) is 0 Å². The van der Waals surface area contributed by atoms with Crippen LogP contribution >= 0.6 is 0 Å². The van der Waals surface area contributed by atoms with Crippen LogP contribution in [-0.2, 0) is 4.74 Å². The van der Waals surface area contributed by atoms with Crippen molar-refractivity contribution in [2.24, 2.45) is 5.92 Å². The molecule has 2 fully saturated rings. The van der Waals surface area contributed by atoms with Gasteiger partial charge >= 0.3 is 0 Å². The smallest absolute Gasteiger partial charge is 0.0521 e. The van der Waals surface area contributed by atoms with E-state index in [1.165, 1.54) is 26.2 Å². The maximum absolute atomic E-state index is 5.63. The molecule has 0 radical (unpaired) electrons. The van der Waals surface area contributed by atoms with Crippen LogP contribution in [0.25, 0.3) is 0 Å². The fourth-order valence-electron chi connectivity index (χ4n) is 2.98. The average molecular weight is 241 g/mol. The third-order valence-corrected chi connectivity index (χ3v) is 4.38. The zero-order chi connectivity index (χ0) is 12.3. The summed E-state index contributed by atoms with van der Waals surface area (Å²) in [6.07, 6.45) is 1.16. The number of nitrogens with one attached hydrogen (secondary N) is 1. The van der Waals surface area contributed by atoms with E-state index < -0.39 is 0 Å². The van der Waals surface area contributed by atoms with E-state index in [1.54, 1.807) is 0 Å². The second kappa shape index (κ2) is 6.14. The minimum absolute atomic E-state index is 0.638. The van der Waals surface area contributed by atoms with E-state index >= 15 is 0 Å². The number of piperazine rings is 1. The summed E-state index contributed by atoms with van der Waals surface area (Å²) in [6.45, 7) is 8.94. The molecule has 3 atom stereocenters. The van der Waals surface area contributed by atoms with Crippen LogP contribution in [0.15, 0.2) is 0 Å². The van der Waals surface area contributed by atoms with Crippen LogP contribution in [0.3, 0.4) is 0 Å². The van der Waals surface area contributed by atoms with E-state index in [-0.39, 0.29) is 0 Å². The summed E-state index contributed by atoms with van der Waals surface area (Å²) in [5.41, 5.74) is 0. The molecule has 0 spiro atoms. The molecule has 2 saturated heterocycles. The quantitative estimate of drug-likeness (QED) is 0.766. The summed E-state index contributed by atoms with van der Waals surface area (Å²) in [7, 11) is 4.30. The van der Waals surface area contributed by atoms with Gasteiger partial charge in [-0.05, 0) is 27.4 Å². The van der Waals surface area contributed by atoms with E-state index in [0.717, 1.165) is 19.6 Å². The predicted octanol–water partition coefficient (Wildman–Crippen LogP) is 0.247. The molecule has 2 rings (SSSR count). The molecule has 0 aromatic heterocycles. The number of nitrogens with zero attached hydrogens (tertiary/aromatic N) is 2. The fraction of sp³-hybridized carbons (Fsp3) is 1.00. The van der Waals surface area contributed by atoms with E-state index in [0.29, 0.717) is 18.0 Å². The van der Waals surface area contributed by atoms with Crippen molar-refractivity contribution >= 4 is 0 Å². The highest BCUT2D eigenvalue weighted by Crippen LogP contribution is 2.17. The zero-order valence-electron chi connectivity index (χ0n) is 11.5. The Hall–Kier alpha value is -0.160. The SMILES string of the molecule is CNC1CCOCC1CN1CCN(C)C(C)C1. The van der Waals surface area contributed by atoms with E-state index in [9.17, 15) is 0 Å². The van der Waals surface area contributed by atoms with Gasteiger partial charge in [0.25, 0.3) is 0 Å². The summed E-state index contributed by atoms with van der Waals surface area (Å²) >= 11 is 0. The highest BCUT2D eigenvalue weighted by molar-refractivity contribution is 4.84. The summed E-state index contributed by atoms with van der Waals surface area (Å²) in [6, 6.07) is 1.32. The van der Waals surface area contributed by atoms with Crippen molar-refractivity contribution in [3.8, 4) is 0 Å². The lowest BCUT2D eigenvalue weighted by Crippen LogP contribution is -2.54. The summed E-state index contributed by atoms with van der Waals surface area (Å²) < 4.78 is 5.63. The molecule has 100 valence electrons. The van der Waals surface area contributed by atoms with Gasteiger partial charge in [0.05, 0.1) is 6.61 Å². The number of ether oxygens (including phenoxy) is 1. The molecule has 0 aromatic rings. The van der Waals surface area contributed by atoms with Crippen LogP contribution in [-0.4, -0.2) is 75.4 Å². The first-order valence-electron chi connectivity index (χ1n) is 6.88. The van der Waals surface area contributed by atoms with Crippen LogP contribution < -0.4 is 5.32 Å². The van der Waals surface area contributed by atoms with Gasteiger partial charge in [0.1, 0.15) is 0 Å². The normalized spacial score (nSPS) is 37.2. The average Bonchev–Trinajstić information content (AvgIpc) is 2.34. The second-order valence-corrected chi connectivity index (χ2v) is 5.61. The van der Waals surface area contributed by atoms with Gasteiger partial charge in [0, 0.05) is 50.8 Å². The van der Waals surface area contributed by atoms with Gasteiger partial charge < -0.3 is 19.9 Å². The van der Waals surface area contributed by atoms with Crippen LogP contribution in [0.2, 0.25) is 0 Å². The molecule has 1 N–H and O–H groups in total. The van der Waals surface area contributed by atoms with Crippen LogP contribution in [0.1, 0.15) is 13.3 Å². The Balaban J connectivity index is 1.83. The molecule has 0 aromatic carbocycles. The molecular formula is C13H27N3O. The molecule has 17 heavy (non-hydrogen) atoms. The Morgan fingerprint density at radius 3 is 2.88 bits per heavy atom.